The van der Waals surface area contributed by atoms with Gasteiger partial charge in [0.25, 0.3) is 5.91 Å². The van der Waals surface area contributed by atoms with Gasteiger partial charge in [0.15, 0.2) is 0 Å². The molecule has 3 atom stereocenters. The molecule has 1 saturated heterocycles. The zero-order chi connectivity index (χ0) is 19.9. The molecule has 0 aromatic heterocycles. The Kier molecular flexibility index (Phi) is 7.24. The summed E-state index contributed by atoms with van der Waals surface area (Å²) in [7, 11) is 0. The molecule has 1 N–H and O–H groups in total. The maximum atomic E-state index is 12.9. The number of carbonyl (C=O) groups is 1. The number of likely N-dealkylation sites (tertiary alicyclic amines) is 1. The highest BCUT2D eigenvalue weighted by atomic mass is 16.3. The van der Waals surface area contributed by atoms with Crippen LogP contribution in [0.1, 0.15) is 50.3 Å². The third kappa shape index (κ3) is 5.00. The quantitative estimate of drug-likeness (QED) is 0.789. The average molecular weight is 381 g/mol. The Labute approximate surface area is 168 Å². The van der Waals surface area contributed by atoms with Gasteiger partial charge in [-0.15, -0.1) is 0 Å². The summed E-state index contributed by atoms with van der Waals surface area (Å²) in [6.07, 6.45) is 2.20. The molecule has 150 valence electrons. The van der Waals surface area contributed by atoms with Crippen molar-refractivity contribution in [2.24, 2.45) is 0 Å². The monoisotopic (exact) mass is 380 g/mol. The molecule has 1 heterocycles. The van der Waals surface area contributed by atoms with Gasteiger partial charge >= 0.3 is 0 Å². The van der Waals surface area contributed by atoms with Crippen LogP contribution in [0.5, 0.6) is 0 Å². The summed E-state index contributed by atoms with van der Waals surface area (Å²) in [5.74, 6) is -0.134. The summed E-state index contributed by atoms with van der Waals surface area (Å²) in [5.41, 5.74) is 2.36. The second-order valence-electron chi connectivity index (χ2n) is 7.82. The van der Waals surface area contributed by atoms with Crippen molar-refractivity contribution >= 4 is 5.91 Å². The fourth-order valence-electron chi connectivity index (χ4n) is 4.04. The number of hydrogen-bond donors (Lipinski definition) is 1. The number of piperidine rings is 1. The predicted molar refractivity (Wildman–Crippen MR) is 113 cm³/mol. The first-order valence-electron chi connectivity index (χ1n) is 10.4. The largest absolute Gasteiger partial charge is 0.382 e. The van der Waals surface area contributed by atoms with Crippen LogP contribution in [-0.4, -0.2) is 46.0 Å². The van der Waals surface area contributed by atoms with E-state index in [2.05, 4.69) is 36.1 Å². The molecular weight excluding hydrogens is 348 g/mol. The van der Waals surface area contributed by atoms with Crippen molar-refractivity contribution in [2.75, 3.05) is 13.1 Å². The van der Waals surface area contributed by atoms with Crippen molar-refractivity contribution in [3.05, 3.63) is 71.8 Å². The number of rotatable bonds is 7. The normalized spacial score (nSPS) is 17.9. The molecule has 4 heteroatoms. The number of amides is 1. The first-order valence-corrected chi connectivity index (χ1v) is 10.4. The maximum absolute atomic E-state index is 12.9. The molecular formula is C24H32N2O2. The van der Waals surface area contributed by atoms with E-state index in [0.717, 1.165) is 25.9 Å². The van der Waals surface area contributed by atoms with E-state index in [1.807, 2.05) is 48.2 Å². The second kappa shape index (κ2) is 9.85. The number of carbonyl (C=O) groups excluding carboxylic acids is 1. The number of hydrogen-bond acceptors (Lipinski definition) is 3. The fraction of sp³-hybridized carbons (Fsp3) is 0.458. The third-order valence-corrected chi connectivity index (χ3v) is 5.89. The summed E-state index contributed by atoms with van der Waals surface area (Å²) < 4.78 is 0. The molecule has 3 rings (SSSR count). The molecule has 0 spiro atoms. The topological polar surface area (TPSA) is 43.8 Å². The van der Waals surface area contributed by atoms with Crippen LogP contribution in [0.2, 0.25) is 0 Å². The molecule has 2 aromatic carbocycles. The zero-order valence-electron chi connectivity index (χ0n) is 17.0. The molecule has 1 unspecified atom stereocenters. The lowest BCUT2D eigenvalue weighted by Crippen LogP contribution is -2.51. The van der Waals surface area contributed by atoms with E-state index in [9.17, 15) is 9.90 Å². The van der Waals surface area contributed by atoms with Gasteiger partial charge in [0.05, 0.1) is 0 Å². The highest BCUT2D eigenvalue weighted by Crippen LogP contribution is 2.26. The lowest BCUT2D eigenvalue weighted by Gasteiger charge is -2.38. The fourth-order valence-corrected chi connectivity index (χ4v) is 4.04. The Morgan fingerprint density at radius 3 is 2.14 bits per heavy atom. The molecule has 1 aliphatic rings. The molecule has 0 radical (unpaired) electrons. The van der Waals surface area contributed by atoms with Gasteiger partial charge < -0.3 is 10.0 Å². The van der Waals surface area contributed by atoms with Crippen molar-refractivity contribution in [3.63, 3.8) is 0 Å². The van der Waals surface area contributed by atoms with Crippen LogP contribution in [-0.2, 0) is 11.3 Å². The van der Waals surface area contributed by atoms with Crippen molar-refractivity contribution in [2.45, 2.75) is 57.8 Å². The Bertz CT molecular complexity index is 729. The van der Waals surface area contributed by atoms with E-state index in [0.29, 0.717) is 6.54 Å². The Morgan fingerprint density at radius 2 is 1.54 bits per heavy atom. The number of benzene rings is 2. The summed E-state index contributed by atoms with van der Waals surface area (Å²) >= 11 is 0. The lowest BCUT2D eigenvalue weighted by atomic mass is 10.0. The van der Waals surface area contributed by atoms with Crippen molar-refractivity contribution in [1.29, 1.82) is 0 Å². The van der Waals surface area contributed by atoms with Crippen LogP contribution in [0.4, 0.5) is 0 Å². The molecule has 2 aromatic rings. The van der Waals surface area contributed by atoms with Crippen LogP contribution in [0, 0.1) is 0 Å². The first-order chi connectivity index (χ1) is 13.6. The lowest BCUT2D eigenvalue weighted by molar-refractivity contribution is -0.145. The van der Waals surface area contributed by atoms with Crippen molar-refractivity contribution < 1.29 is 9.90 Å². The Morgan fingerprint density at radius 1 is 0.964 bits per heavy atom. The zero-order valence-corrected chi connectivity index (χ0v) is 17.0. The molecule has 28 heavy (non-hydrogen) atoms. The minimum absolute atomic E-state index is 0.0835. The van der Waals surface area contributed by atoms with Gasteiger partial charge in [0, 0.05) is 31.7 Å². The van der Waals surface area contributed by atoms with Gasteiger partial charge in [-0.05, 0) is 44.2 Å². The minimum atomic E-state index is -1.02. The van der Waals surface area contributed by atoms with Gasteiger partial charge in [-0.25, -0.2) is 0 Å². The van der Waals surface area contributed by atoms with Crippen LogP contribution in [0.15, 0.2) is 60.7 Å². The van der Waals surface area contributed by atoms with Gasteiger partial charge in [-0.3, -0.25) is 9.69 Å². The molecule has 0 bridgehead atoms. The van der Waals surface area contributed by atoms with E-state index in [4.69, 9.17) is 0 Å². The number of aliphatic hydroxyl groups is 1. The van der Waals surface area contributed by atoms with Crippen LogP contribution < -0.4 is 0 Å². The summed E-state index contributed by atoms with van der Waals surface area (Å²) in [6.45, 7) is 6.31. The second-order valence-corrected chi connectivity index (χ2v) is 7.82. The van der Waals surface area contributed by atoms with Crippen LogP contribution in [0.3, 0.4) is 0 Å². The smallest absolute Gasteiger partial charge is 0.253 e. The molecule has 1 amide bonds. The van der Waals surface area contributed by atoms with Gasteiger partial charge in [-0.2, -0.15) is 0 Å². The molecule has 1 fully saturated rings. The van der Waals surface area contributed by atoms with E-state index < -0.39 is 6.10 Å². The SMILES string of the molecule is C[C@H](c1ccccc1)N(Cc1ccccc1)[C@H](C)C(O)C(=O)N1CCCCC1. The molecule has 4 nitrogen and oxygen atoms in total. The molecule has 0 saturated carbocycles. The predicted octanol–water partition coefficient (Wildman–Crippen LogP) is 4.01. The highest BCUT2D eigenvalue weighted by Gasteiger charge is 2.33. The molecule has 0 aliphatic carbocycles. The average Bonchev–Trinajstić information content (AvgIpc) is 2.77. The number of nitrogens with zero attached hydrogens (tertiary/aromatic N) is 2. The van der Waals surface area contributed by atoms with E-state index >= 15 is 0 Å². The first kappa shape index (κ1) is 20.6. The van der Waals surface area contributed by atoms with Gasteiger partial charge in [0.1, 0.15) is 6.10 Å². The number of aliphatic hydroxyl groups excluding tert-OH is 1. The standard InChI is InChI=1S/C24H32N2O2/c1-19(22-14-8-4-9-15-22)26(18-21-12-6-3-7-13-21)20(2)23(27)24(28)25-16-10-5-11-17-25/h3-4,6-9,12-15,19-20,23,27H,5,10-11,16-18H2,1-2H3/t19-,20-,23?/m1/s1. The Hall–Kier alpha value is -2.17. The van der Waals surface area contributed by atoms with Crippen LogP contribution >= 0.6 is 0 Å². The van der Waals surface area contributed by atoms with Gasteiger partial charge in [0.2, 0.25) is 0 Å². The minimum Gasteiger partial charge on any atom is -0.382 e. The molecule has 1 aliphatic heterocycles. The van der Waals surface area contributed by atoms with Crippen molar-refractivity contribution in [3.8, 4) is 0 Å². The van der Waals surface area contributed by atoms with Crippen molar-refractivity contribution in [1.82, 2.24) is 9.80 Å². The summed E-state index contributed by atoms with van der Waals surface area (Å²) in [6, 6.07) is 20.3. The maximum Gasteiger partial charge on any atom is 0.253 e. The third-order valence-electron chi connectivity index (χ3n) is 5.89. The van der Waals surface area contributed by atoms with E-state index in [1.165, 1.54) is 17.5 Å². The summed E-state index contributed by atoms with van der Waals surface area (Å²) in [5, 5.41) is 10.9. The van der Waals surface area contributed by atoms with E-state index in [1.54, 1.807) is 0 Å². The summed E-state index contributed by atoms with van der Waals surface area (Å²) in [4.78, 5) is 17.0. The highest BCUT2D eigenvalue weighted by molar-refractivity contribution is 5.81. The Balaban J connectivity index is 1.81. The van der Waals surface area contributed by atoms with Crippen LogP contribution in [0.25, 0.3) is 0 Å². The van der Waals surface area contributed by atoms with Gasteiger partial charge in [-0.1, -0.05) is 60.7 Å². The van der Waals surface area contributed by atoms with E-state index in [-0.39, 0.29) is 18.0 Å².